The molecule has 2 amide bonds. The number of nitrogens with zero attached hydrogens (tertiary/aromatic N) is 2. The molecule has 39 heavy (non-hydrogen) atoms. The Kier molecular flexibility index (Phi) is 6.45. The van der Waals surface area contributed by atoms with E-state index in [0.29, 0.717) is 43.6 Å². The zero-order valence-corrected chi connectivity index (χ0v) is 22.1. The number of hydrogen-bond donors (Lipinski definition) is 4. The largest absolute Gasteiger partial charge is 0.378 e. The molecule has 3 aliphatic carbocycles. The van der Waals surface area contributed by atoms with Gasteiger partial charge >= 0.3 is 0 Å². The molecule has 1 aliphatic heterocycles. The first-order valence-electron chi connectivity index (χ1n) is 14.1. The molecule has 2 heterocycles. The fourth-order valence-corrected chi connectivity index (χ4v) is 7.03. The highest BCUT2D eigenvalue weighted by Gasteiger charge is 2.63. The summed E-state index contributed by atoms with van der Waals surface area (Å²) in [5.74, 6) is -3.83. The molecule has 3 saturated carbocycles. The number of aliphatic hydroxyl groups excluding tert-OH is 1. The van der Waals surface area contributed by atoms with Gasteiger partial charge in [0, 0.05) is 37.8 Å². The Balaban J connectivity index is 1.16. The number of halogens is 3. The number of alkyl halides is 2. The maximum absolute atomic E-state index is 14.3. The number of aromatic amines is 1. The van der Waals surface area contributed by atoms with Crippen molar-refractivity contribution < 1.29 is 27.9 Å². The molecule has 0 bridgehead atoms. The van der Waals surface area contributed by atoms with Gasteiger partial charge in [0.15, 0.2) is 0 Å². The smallest absolute Gasteiger partial charge is 0.249 e. The summed E-state index contributed by atoms with van der Waals surface area (Å²) in [5.41, 5.74) is -0.522. The van der Waals surface area contributed by atoms with Gasteiger partial charge in [-0.1, -0.05) is 12.5 Å². The van der Waals surface area contributed by atoms with Gasteiger partial charge in [-0.15, -0.1) is 0 Å². The number of piperidine rings is 1. The number of H-pyrrole nitrogens is 1. The summed E-state index contributed by atoms with van der Waals surface area (Å²) in [6.07, 6.45) is 3.68. The Labute approximate surface area is 225 Å². The van der Waals surface area contributed by atoms with E-state index in [-0.39, 0.29) is 36.7 Å². The van der Waals surface area contributed by atoms with Crippen LogP contribution < -0.4 is 10.6 Å². The van der Waals surface area contributed by atoms with Crippen molar-refractivity contribution in [1.29, 1.82) is 0 Å². The first kappa shape index (κ1) is 26.6. The normalized spacial score (nSPS) is 26.8. The van der Waals surface area contributed by atoms with Gasteiger partial charge in [0.25, 0.3) is 0 Å². The minimum atomic E-state index is -2.64. The monoisotopic (exact) mass is 547 g/mol. The zero-order chi connectivity index (χ0) is 27.6. The highest BCUT2D eigenvalue weighted by atomic mass is 19.3. The Hall–Kier alpha value is -2.66. The lowest BCUT2D eigenvalue weighted by Crippen LogP contribution is -2.59. The number of aliphatic hydroxyl groups is 1. The van der Waals surface area contributed by atoms with Crippen molar-refractivity contribution in [3.8, 4) is 0 Å². The minimum Gasteiger partial charge on any atom is -0.378 e. The van der Waals surface area contributed by atoms with Crippen LogP contribution in [0.2, 0.25) is 0 Å². The molecule has 1 unspecified atom stereocenters. The van der Waals surface area contributed by atoms with Crippen LogP contribution in [0, 0.1) is 17.2 Å². The first-order valence-corrected chi connectivity index (χ1v) is 14.1. The number of nitrogens with one attached hydrogen (secondary N) is 3. The molecule has 2 aromatic rings. The standard InChI is InChI=1S/C28H36F3N5O3/c1-16-5-2-3-10-36(16)21(37)11-20(32-23(38)17-12-26(13-17)14-28(30,31)15-26)24(39)35-27(8-9-27)25-33-19-7-4-6-18(29)22(19)34-25/h4,6-7,16-17,20-21,37H,2-3,5,8-15H2,1H3,(H,32,38)(H,33,34)(H,35,39)/t16-,20-,21?/m1/s1. The van der Waals surface area contributed by atoms with Crippen LogP contribution in [0.25, 0.3) is 11.0 Å². The van der Waals surface area contributed by atoms with E-state index in [1.54, 1.807) is 12.1 Å². The molecule has 4 fully saturated rings. The molecule has 6 rings (SSSR count). The second kappa shape index (κ2) is 9.47. The van der Waals surface area contributed by atoms with Gasteiger partial charge in [-0.05, 0) is 63.0 Å². The van der Waals surface area contributed by atoms with Crippen molar-refractivity contribution in [3.63, 3.8) is 0 Å². The molecule has 4 aliphatic rings. The van der Waals surface area contributed by atoms with Gasteiger partial charge < -0.3 is 20.7 Å². The minimum absolute atomic E-state index is 0.00266. The van der Waals surface area contributed by atoms with E-state index in [2.05, 4.69) is 20.6 Å². The van der Waals surface area contributed by atoms with E-state index < -0.39 is 46.8 Å². The molecule has 0 radical (unpaired) electrons. The summed E-state index contributed by atoms with van der Waals surface area (Å²) in [6, 6.07) is 3.75. The van der Waals surface area contributed by atoms with E-state index in [4.69, 9.17) is 0 Å². The molecule has 11 heteroatoms. The van der Waals surface area contributed by atoms with E-state index in [9.17, 15) is 27.9 Å². The van der Waals surface area contributed by atoms with E-state index >= 15 is 0 Å². The Morgan fingerprint density at radius 3 is 2.62 bits per heavy atom. The third-order valence-corrected chi connectivity index (χ3v) is 9.35. The molecule has 1 aromatic heterocycles. The average molecular weight is 548 g/mol. The van der Waals surface area contributed by atoms with Gasteiger partial charge in [-0.3, -0.25) is 14.5 Å². The second-order valence-corrected chi connectivity index (χ2v) is 12.5. The van der Waals surface area contributed by atoms with Crippen LogP contribution in [0.4, 0.5) is 13.2 Å². The van der Waals surface area contributed by atoms with Crippen molar-refractivity contribution in [2.75, 3.05) is 6.54 Å². The summed E-state index contributed by atoms with van der Waals surface area (Å²) in [4.78, 5) is 36.2. The third-order valence-electron chi connectivity index (χ3n) is 9.35. The van der Waals surface area contributed by atoms with Crippen molar-refractivity contribution >= 4 is 22.8 Å². The number of carbonyl (C=O) groups is 2. The Morgan fingerprint density at radius 2 is 1.97 bits per heavy atom. The number of fused-ring (bicyclic) bond motifs is 1. The fraction of sp³-hybridized carbons (Fsp3) is 0.679. The van der Waals surface area contributed by atoms with Crippen LogP contribution in [0.3, 0.4) is 0 Å². The summed E-state index contributed by atoms with van der Waals surface area (Å²) in [7, 11) is 0. The number of carbonyl (C=O) groups excluding carboxylic acids is 2. The lowest BCUT2D eigenvalue weighted by molar-refractivity contribution is -0.207. The van der Waals surface area contributed by atoms with Crippen molar-refractivity contribution in [2.24, 2.45) is 11.3 Å². The summed E-state index contributed by atoms with van der Waals surface area (Å²) in [6.45, 7) is 2.75. The fourth-order valence-electron chi connectivity index (χ4n) is 7.03. The summed E-state index contributed by atoms with van der Waals surface area (Å²) in [5, 5.41) is 16.9. The zero-order valence-electron chi connectivity index (χ0n) is 22.1. The number of imidazole rings is 1. The van der Waals surface area contributed by atoms with Crippen LogP contribution in [0.15, 0.2) is 18.2 Å². The quantitative estimate of drug-likeness (QED) is 0.403. The molecule has 8 nitrogen and oxygen atoms in total. The molecule has 1 saturated heterocycles. The van der Waals surface area contributed by atoms with Gasteiger partial charge in [0.2, 0.25) is 17.7 Å². The molecule has 1 spiro atoms. The van der Waals surface area contributed by atoms with Crippen LogP contribution in [-0.2, 0) is 15.1 Å². The van der Waals surface area contributed by atoms with Crippen molar-refractivity contribution in [2.45, 2.75) is 101 Å². The lowest BCUT2D eigenvalue weighted by Gasteiger charge is -2.56. The molecule has 212 valence electrons. The number of amides is 2. The first-order chi connectivity index (χ1) is 18.5. The van der Waals surface area contributed by atoms with E-state index in [1.807, 2.05) is 11.8 Å². The SMILES string of the molecule is C[C@@H]1CCCCN1C(O)C[C@@H](NC(=O)C1CC2(C1)CC(F)(F)C2)C(=O)NC1(c2nc3cccc(F)c3[nH]2)CC1. The maximum Gasteiger partial charge on any atom is 0.249 e. The summed E-state index contributed by atoms with van der Waals surface area (Å²) >= 11 is 0. The van der Waals surface area contributed by atoms with Gasteiger partial charge in [0.05, 0.1) is 11.1 Å². The maximum atomic E-state index is 14.3. The molecular weight excluding hydrogens is 511 g/mol. The number of para-hydroxylation sites is 1. The number of likely N-dealkylation sites (tertiary alicyclic amines) is 1. The van der Waals surface area contributed by atoms with Gasteiger partial charge in [-0.25, -0.2) is 18.2 Å². The Morgan fingerprint density at radius 1 is 1.23 bits per heavy atom. The predicted octanol–water partition coefficient (Wildman–Crippen LogP) is 3.70. The lowest BCUT2D eigenvalue weighted by atomic mass is 9.50. The topological polar surface area (TPSA) is 110 Å². The number of hydrogen-bond acceptors (Lipinski definition) is 5. The highest BCUT2D eigenvalue weighted by Crippen LogP contribution is 2.64. The molecule has 3 atom stereocenters. The van der Waals surface area contributed by atoms with Gasteiger partial charge in [-0.2, -0.15) is 0 Å². The van der Waals surface area contributed by atoms with Crippen LogP contribution in [0.5, 0.6) is 0 Å². The van der Waals surface area contributed by atoms with Crippen LogP contribution in [0.1, 0.15) is 77.0 Å². The number of aromatic nitrogens is 2. The Bertz CT molecular complexity index is 1260. The van der Waals surface area contributed by atoms with Crippen LogP contribution >= 0.6 is 0 Å². The third kappa shape index (κ3) is 5.03. The predicted molar refractivity (Wildman–Crippen MR) is 137 cm³/mol. The number of rotatable bonds is 8. The molecular formula is C28H36F3N5O3. The van der Waals surface area contributed by atoms with E-state index in [0.717, 1.165) is 19.3 Å². The summed E-state index contributed by atoms with van der Waals surface area (Å²) < 4.78 is 41.1. The average Bonchev–Trinajstić information content (AvgIpc) is 3.47. The highest BCUT2D eigenvalue weighted by molar-refractivity contribution is 5.89. The van der Waals surface area contributed by atoms with E-state index in [1.165, 1.54) is 6.07 Å². The van der Waals surface area contributed by atoms with Gasteiger partial charge in [0.1, 0.15) is 29.4 Å². The molecule has 1 aromatic carbocycles. The van der Waals surface area contributed by atoms with Crippen molar-refractivity contribution in [1.82, 2.24) is 25.5 Å². The number of benzene rings is 1. The van der Waals surface area contributed by atoms with Crippen molar-refractivity contribution in [3.05, 3.63) is 29.8 Å². The second-order valence-electron chi connectivity index (χ2n) is 12.5. The van der Waals surface area contributed by atoms with Crippen LogP contribution in [-0.4, -0.2) is 62.6 Å². The molecule has 4 N–H and O–H groups in total.